The molecule has 0 aliphatic heterocycles. The van der Waals surface area contributed by atoms with Crippen molar-refractivity contribution in [1.29, 1.82) is 0 Å². The van der Waals surface area contributed by atoms with E-state index in [1.807, 2.05) is 24.3 Å². The minimum absolute atomic E-state index is 0.221. The van der Waals surface area contributed by atoms with Crippen molar-refractivity contribution in [2.24, 2.45) is 0 Å². The van der Waals surface area contributed by atoms with Crippen LogP contribution in [0.1, 0.15) is 10.4 Å². The van der Waals surface area contributed by atoms with Gasteiger partial charge in [-0.15, -0.1) is 0 Å². The fraction of sp³-hybridized carbons (Fsp3) is 0. The summed E-state index contributed by atoms with van der Waals surface area (Å²) in [6.45, 7) is 0. The Hall–Kier alpha value is -2.82. The molecule has 0 saturated heterocycles. The van der Waals surface area contributed by atoms with Gasteiger partial charge in [0, 0.05) is 24.0 Å². The van der Waals surface area contributed by atoms with Crippen LogP contribution in [0.2, 0.25) is 0 Å². The number of para-hydroxylation sites is 1. The molecule has 5 nitrogen and oxygen atoms in total. The van der Waals surface area contributed by atoms with Gasteiger partial charge in [-0.05, 0) is 18.2 Å². The second-order valence-electron chi connectivity index (χ2n) is 3.63. The number of hydrogen-bond donors (Lipinski definition) is 1. The molecule has 3 rings (SSSR count). The molecular weight excluding hydrogens is 242 g/mol. The van der Waals surface area contributed by atoms with E-state index in [0.717, 1.165) is 10.9 Å². The highest BCUT2D eigenvalue weighted by molar-refractivity contribution is 5.92. The number of fused-ring (bicyclic) bond motifs is 1. The van der Waals surface area contributed by atoms with Crippen LogP contribution < -0.4 is 0 Å². The molecule has 0 bridgehead atoms. The lowest BCUT2D eigenvalue weighted by Crippen LogP contribution is -1.96. The van der Waals surface area contributed by atoms with Crippen LogP contribution in [-0.2, 0) is 0 Å². The van der Waals surface area contributed by atoms with Crippen LogP contribution in [0.15, 0.2) is 61.3 Å². The lowest BCUT2D eigenvalue weighted by molar-refractivity contribution is 0.0696. The summed E-state index contributed by atoms with van der Waals surface area (Å²) < 4.78 is 0. The SMILES string of the molecule is O=C(O)c1cnc2ccccc2c1.c1cncnc1. The van der Waals surface area contributed by atoms with E-state index in [4.69, 9.17) is 5.11 Å². The molecule has 19 heavy (non-hydrogen) atoms. The third-order valence-corrected chi connectivity index (χ3v) is 2.32. The molecule has 1 aromatic carbocycles. The van der Waals surface area contributed by atoms with Gasteiger partial charge in [0.15, 0.2) is 0 Å². The number of benzene rings is 1. The average Bonchev–Trinajstić information content (AvgIpc) is 2.49. The fourth-order valence-electron chi connectivity index (χ4n) is 1.44. The Morgan fingerprint density at radius 2 is 1.79 bits per heavy atom. The van der Waals surface area contributed by atoms with Crippen molar-refractivity contribution in [3.8, 4) is 0 Å². The second-order valence-corrected chi connectivity index (χ2v) is 3.63. The maximum atomic E-state index is 10.6. The highest BCUT2D eigenvalue weighted by Gasteiger charge is 2.03. The summed E-state index contributed by atoms with van der Waals surface area (Å²) >= 11 is 0. The Morgan fingerprint density at radius 3 is 2.37 bits per heavy atom. The van der Waals surface area contributed by atoms with Gasteiger partial charge in [0.05, 0.1) is 11.1 Å². The molecule has 0 atom stereocenters. The number of pyridine rings is 1. The van der Waals surface area contributed by atoms with E-state index in [0.29, 0.717) is 0 Å². The van der Waals surface area contributed by atoms with Crippen molar-refractivity contribution in [1.82, 2.24) is 15.0 Å². The van der Waals surface area contributed by atoms with E-state index in [1.54, 1.807) is 24.5 Å². The molecular formula is C14H11N3O2. The standard InChI is InChI=1S/C10H7NO2.C4H4N2/c12-10(13)8-5-7-3-1-2-4-9(7)11-6-8;1-2-5-4-6-3-1/h1-6H,(H,12,13);1-4H. The summed E-state index contributed by atoms with van der Waals surface area (Å²) in [6, 6.07) is 10.8. The van der Waals surface area contributed by atoms with Crippen LogP contribution in [0.5, 0.6) is 0 Å². The Balaban J connectivity index is 0.000000186. The third kappa shape index (κ3) is 3.57. The minimum Gasteiger partial charge on any atom is -0.478 e. The lowest BCUT2D eigenvalue weighted by Gasteiger charge is -1.97. The van der Waals surface area contributed by atoms with E-state index in [-0.39, 0.29) is 5.56 Å². The zero-order valence-electron chi connectivity index (χ0n) is 9.97. The number of carbonyl (C=O) groups is 1. The normalized spacial score (nSPS) is 9.47. The van der Waals surface area contributed by atoms with Crippen molar-refractivity contribution in [3.63, 3.8) is 0 Å². The minimum atomic E-state index is -0.946. The molecule has 0 saturated carbocycles. The van der Waals surface area contributed by atoms with Gasteiger partial charge >= 0.3 is 5.97 Å². The van der Waals surface area contributed by atoms with Crippen LogP contribution in [0.25, 0.3) is 10.9 Å². The summed E-state index contributed by atoms with van der Waals surface area (Å²) in [5.41, 5.74) is 1.03. The summed E-state index contributed by atoms with van der Waals surface area (Å²) in [5, 5.41) is 9.55. The summed E-state index contributed by atoms with van der Waals surface area (Å²) in [4.78, 5) is 22.0. The van der Waals surface area contributed by atoms with Gasteiger partial charge in [0.1, 0.15) is 6.33 Å². The van der Waals surface area contributed by atoms with Gasteiger partial charge in [-0.1, -0.05) is 18.2 Å². The van der Waals surface area contributed by atoms with Crippen LogP contribution >= 0.6 is 0 Å². The van der Waals surface area contributed by atoms with Gasteiger partial charge in [-0.3, -0.25) is 4.98 Å². The largest absolute Gasteiger partial charge is 0.478 e. The number of aromatic carboxylic acids is 1. The Bertz CT molecular complexity index is 645. The molecule has 0 spiro atoms. The topological polar surface area (TPSA) is 76.0 Å². The van der Waals surface area contributed by atoms with Crippen LogP contribution in [0, 0.1) is 0 Å². The molecule has 2 aromatic heterocycles. The average molecular weight is 253 g/mol. The predicted octanol–water partition coefficient (Wildman–Crippen LogP) is 2.41. The number of carboxylic acids is 1. The number of rotatable bonds is 1. The van der Waals surface area contributed by atoms with Crippen molar-refractivity contribution >= 4 is 16.9 Å². The maximum absolute atomic E-state index is 10.6. The number of hydrogen-bond acceptors (Lipinski definition) is 4. The molecule has 2 heterocycles. The maximum Gasteiger partial charge on any atom is 0.337 e. The van der Waals surface area contributed by atoms with E-state index in [9.17, 15) is 4.79 Å². The van der Waals surface area contributed by atoms with Crippen molar-refractivity contribution in [3.05, 3.63) is 66.9 Å². The Labute approximate surface area is 109 Å². The van der Waals surface area contributed by atoms with Crippen molar-refractivity contribution in [2.45, 2.75) is 0 Å². The first-order valence-electron chi connectivity index (χ1n) is 5.55. The summed E-state index contributed by atoms with van der Waals surface area (Å²) in [5.74, 6) is -0.946. The number of aromatic nitrogens is 3. The summed E-state index contributed by atoms with van der Waals surface area (Å²) in [6.07, 6.45) is 6.24. The molecule has 0 unspecified atom stereocenters. The monoisotopic (exact) mass is 253 g/mol. The molecule has 0 aliphatic carbocycles. The van der Waals surface area contributed by atoms with Gasteiger partial charge in [0.25, 0.3) is 0 Å². The lowest BCUT2D eigenvalue weighted by atomic mass is 10.2. The smallest absolute Gasteiger partial charge is 0.337 e. The van der Waals surface area contributed by atoms with Crippen LogP contribution in [0.3, 0.4) is 0 Å². The van der Waals surface area contributed by atoms with Gasteiger partial charge in [-0.2, -0.15) is 0 Å². The van der Waals surface area contributed by atoms with Gasteiger partial charge in [-0.25, -0.2) is 14.8 Å². The molecule has 94 valence electrons. The van der Waals surface area contributed by atoms with Gasteiger partial charge < -0.3 is 5.11 Å². The first-order valence-corrected chi connectivity index (χ1v) is 5.55. The molecule has 0 aliphatic rings. The second kappa shape index (κ2) is 6.20. The first kappa shape index (κ1) is 12.6. The predicted molar refractivity (Wildman–Crippen MR) is 70.7 cm³/mol. The molecule has 3 aromatic rings. The zero-order valence-corrected chi connectivity index (χ0v) is 9.97. The molecule has 0 radical (unpaired) electrons. The van der Waals surface area contributed by atoms with Crippen LogP contribution in [0.4, 0.5) is 0 Å². The number of nitrogens with zero attached hydrogens (tertiary/aromatic N) is 3. The van der Waals surface area contributed by atoms with Crippen LogP contribution in [-0.4, -0.2) is 26.0 Å². The quantitative estimate of drug-likeness (QED) is 0.720. The van der Waals surface area contributed by atoms with E-state index in [1.165, 1.54) is 12.5 Å². The highest BCUT2D eigenvalue weighted by atomic mass is 16.4. The molecule has 5 heteroatoms. The van der Waals surface area contributed by atoms with E-state index >= 15 is 0 Å². The molecule has 1 N–H and O–H groups in total. The van der Waals surface area contributed by atoms with Gasteiger partial charge in [0.2, 0.25) is 0 Å². The number of carboxylic acid groups (broad SMARTS) is 1. The first-order chi connectivity index (χ1) is 9.27. The van der Waals surface area contributed by atoms with E-state index < -0.39 is 5.97 Å². The van der Waals surface area contributed by atoms with E-state index in [2.05, 4.69) is 15.0 Å². The summed E-state index contributed by atoms with van der Waals surface area (Å²) in [7, 11) is 0. The van der Waals surface area contributed by atoms with Crippen molar-refractivity contribution < 1.29 is 9.90 Å². The van der Waals surface area contributed by atoms with Crippen molar-refractivity contribution in [2.75, 3.05) is 0 Å². The molecule has 0 amide bonds. The fourth-order valence-corrected chi connectivity index (χ4v) is 1.44. The molecule has 0 fully saturated rings. The Morgan fingerprint density at radius 1 is 1.05 bits per heavy atom. The Kier molecular flexibility index (Phi) is 4.12. The third-order valence-electron chi connectivity index (χ3n) is 2.32. The highest BCUT2D eigenvalue weighted by Crippen LogP contribution is 2.12. The zero-order chi connectivity index (χ0) is 13.5.